The zero-order chi connectivity index (χ0) is 17.6. The Morgan fingerprint density at radius 3 is 2.67 bits per heavy atom. The van der Waals surface area contributed by atoms with E-state index in [-0.39, 0.29) is 34.2 Å². The van der Waals surface area contributed by atoms with Gasteiger partial charge in [-0.05, 0) is 37.5 Å². The van der Waals surface area contributed by atoms with Crippen LogP contribution in [0.25, 0.3) is 0 Å². The summed E-state index contributed by atoms with van der Waals surface area (Å²) in [5, 5.41) is 3.07. The van der Waals surface area contributed by atoms with E-state index in [1.165, 1.54) is 18.2 Å². The molecular weight excluding hydrogens is 352 g/mol. The summed E-state index contributed by atoms with van der Waals surface area (Å²) in [6, 6.07) is 4.43. The number of ether oxygens (including phenoxy) is 1. The van der Waals surface area contributed by atoms with Crippen molar-refractivity contribution in [3.8, 4) is 5.75 Å². The zero-order valence-corrected chi connectivity index (χ0v) is 15.3. The summed E-state index contributed by atoms with van der Waals surface area (Å²) in [6.07, 6.45) is 4.98. The smallest absolute Gasteiger partial charge is 0.258 e. The van der Waals surface area contributed by atoms with Crippen molar-refractivity contribution >= 4 is 27.5 Å². The monoisotopic (exact) mass is 374 g/mol. The molecule has 1 aliphatic rings. The number of hydrogen-bond donors (Lipinski definition) is 2. The van der Waals surface area contributed by atoms with Crippen molar-refractivity contribution in [1.29, 1.82) is 0 Å². The van der Waals surface area contributed by atoms with Gasteiger partial charge in [-0.3, -0.25) is 4.79 Å². The minimum absolute atomic E-state index is 0.0729. The molecule has 0 atom stereocenters. The molecule has 0 unspecified atom stereocenters. The van der Waals surface area contributed by atoms with Crippen molar-refractivity contribution in [2.45, 2.75) is 50.0 Å². The van der Waals surface area contributed by atoms with E-state index in [1.807, 2.05) is 6.92 Å². The normalized spacial score (nSPS) is 15.4. The fraction of sp³-hybridized carbons (Fsp3) is 0.562. The summed E-state index contributed by atoms with van der Waals surface area (Å²) in [7, 11) is -3.58. The maximum atomic E-state index is 12.0. The highest BCUT2D eigenvalue weighted by atomic mass is 35.5. The third-order valence-electron chi connectivity index (χ3n) is 3.83. The van der Waals surface area contributed by atoms with Crippen LogP contribution in [0.4, 0.5) is 0 Å². The molecule has 2 N–H and O–H groups in total. The van der Waals surface area contributed by atoms with Gasteiger partial charge in [-0.1, -0.05) is 31.4 Å². The predicted molar refractivity (Wildman–Crippen MR) is 92.8 cm³/mol. The van der Waals surface area contributed by atoms with Gasteiger partial charge in [0.15, 0.2) is 6.61 Å². The van der Waals surface area contributed by atoms with Gasteiger partial charge < -0.3 is 10.1 Å². The largest absolute Gasteiger partial charge is 0.482 e. The van der Waals surface area contributed by atoms with Crippen LogP contribution in [0.3, 0.4) is 0 Å². The van der Waals surface area contributed by atoms with E-state index in [1.54, 1.807) is 0 Å². The van der Waals surface area contributed by atoms with Gasteiger partial charge in [0.25, 0.3) is 5.91 Å². The van der Waals surface area contributed by atoms with E-state index in [4.69, 9.17) is 16.3 Å². The number of halogens is 1. The molecule has 24 heavy (non-hydrogen) atoms. The molecule has 0 radical (unpaired) electrons. The Labute approximate surface area is 148 Å². The van der Waals surface area contributed by atoms with Crippen molar-refractivity contribution < 1.29 is 17.9 Å². The highest BCUT2D eigenvalue weighted by Crippen LogP contribution is 2.27. The van der Waals surface area contributed by atoms with Gasteiger partial charge in [-0.25, -0.2) is 13.1 Å². The van der Waals surface area contributed by atoms with Crippen LogP contribution in [-0.4, -0.2) is 33.5 Å². The Balaban J connectivity index is 1.93. The highest BCUT2D eigenvalue weighted by Gasteiger charge is 2.18. The first-order valence-corrected chi connectivity index (χ1v) is 10.00. The minimum Gasteiger partial charge on any atom is -0.482 e. The Kier molecular flexibility index (Phi) is 6.89. The van der Waals surface area contributed by atoms with Gasteiger partial charge in [0.2, 0.25) is 10.0 Å². The molecule has 0 aliphatic heterocycles. The zero-order valence-electron chi connectivity index (χ0n) is 13.7. The van der Waals surface area contributed by atoms with Gasteiger partial charge in [0.05, 0.1) is 9.92 Å². The maximum Gasteiger partial charge on any atom is 0.258 e. The van der Waals surface area contributed by atoms with Crippen molar-refractivity contribution in [1.82, 2.24) is 10.0 Å². The van der Waals surface area contributed by atoms with E-state index in [0.717, 1.165) is 25.7 Å². The summed E-state index contributed by atoms with van der Waals surface area (Å²) < 4.78 is 31.9. The average molecular weight is 375 g/mol. The van der Waals surface area contributed by atoms with Crippen LogP contribution >= 0.6 is 11.6 Å². The lowest BCUT2D eigenvalue weighted by molar-refractivity contribution is -0.123. The number of benzene rings is 1. The fourth-order valence-electron chi connectivity index (χ4n) is 2.57. The van der Waals surface area contributed by atoms with Gasteiger partial charge in [-0.2, -0.15) is 0 Å². The van der Waals surface area contributed by atoms with Gasteiger partial charge >= 0.3 is 0 Å². The Hall–Kier alpha value is -1.31. The topological polar surface area (TPSA) is 84.5 Å². The molecule has 2 rings (SSSR count). The molecule has 1 saturated carbocycles. The summed E-state index contributed by atoms with van der Waals surface area (Å²) >= 11 is 6.07. The third-order valence-corrected chi connectivity index (χ3v) is 5.59. The number of nitrogens with one attached hydrogen (secondary N) is 2. The molecule has 0 heterocycles. The van der Waals surface area contributed by atoms with Gasteiger partial charge in [0.1, 0.15) is 5.75 Å². The standard InChI is InChI=1S/C16H23ClN2O4S/c1-2-9-18-24(21,22)13-7-8-15(14(17)10-13)23-11-16(20)19-12-5-3-4-6-12/h7-8,10,12,18H,2-6,9,11H2,1H3,(H,19,20). The Morgan fingerprint density at radius 1 is 1.33 bits per heavy atom. The van der Waals surface area contributed by atoms with E-state index in [0.29, 0.717) is 13.0 Å². The average Bonchev–Trinajstić information content (AvgIpc) is 3.04. The molecule has 1 aromatic carbocycles. The number of hydrogen-bond acceptors (Lipinski definition) is 4. The van der Waals surface area contributed by atoms with Crippen molar-refractivity contribution in [3.63, 3.8) is 0 Å². The summed E-state index contributed by atoms with van der Waals surface area (Å²) in [6.45, 7) is 2.10. The van der Waals surface area contributed by atoms with E-state index in [9.17, 15) is 13.2 Å². The first kappa shape index (κ1) is 19.0. The molecule has 6 nitrogen and oxygen atoms in total. The van der Waals surface area contributed by atoms with Crippen LogP contribution in [0.2, 0.25) is 5.02 Å². The minimum atomic E-state index is -3.58. The quantitative estimate of drug-likeness (QED) is 0.732. The lowest BCUT2D eigenvalue weighted by atomic mass is 10.2. The summed E-state index contributed by atoms with van der Waals surface area (Å²) in [5.74, 6) is 0.0898. The van der Waals surface area contributed by atoms with Crippen LogP contribution < -0.4 is 14.8 Å². The van der Waals surface area contributed by atoms with Crippen molar-refractivity contribution in [2.75, 3.05) is 13.2 Å². The van der Waals surface area contributed by atoms with Crippen LogP contribution in [-0.2, 0) is 14.8 Å². The van der Waals surface area contributed by atoms with Crippen molar-refractivity contribution in [3.05, 3.63) is 23.2 Å². The van der Waals surface area contributed by atoms with Crippen LogP contribution in [0.15, 0.2) is 23.1 Å². The van der Waals surface area contributed by atoms with E-state index in [2.05, 4.69) is 10.0 Å². The van der Waals surface area contributed by atoms with Crippen LogP contribution in [0.5, 0.6) is 5.75 Å². The second-order valence-electron chi connectivity index (χ2n) is 5.83. The first-order chi connectivity index (χ1) is 11.4. The Morgan fingerprint density at radius 2 is 2.04 bits per heavy atom. The fourth-order valence-corrected chi connectivity index (χ4v) is 4.03. The Bertz CT molecular complexity index is 673. The number of rotatable bonds is 8. The second kappa shape index (κ2) is 8.69. The van der Waals surface area contributed by atoms with Crippen LogP contribution in [0.1, 0.15) is 39.0 Å². The second-order valence-corrected chi connectivity index (χ2v) is 8.00. The molecule has 1 amide bonds. The van der Waals surface area contributed by atoms with Crippen LogP contribution in [0, 0.1) is 0 Å². The molecule has 0 bridgehead atoms. The summed E-state index contributed by atoms with van der Waals surface area (Å²) in [5.41, 5.74) is 0. The van der Waals surface area contributed by atoms with E-state index >= 15 is 0 Å². The van der Waals surface area contributed by atoms with E-state index < -0.39 is 10.0 Å². The number of carbonyl (C=O) groups excluding carboxylic acids is 1. The molecule has 0 saturated heterocycles. The first-order valence-electron chi connectivity index (χ1n) is 8.13. The molecule has 1 fully saturated rings. The predicted octanol–water partition coefficient (Wildman–Crippen LogP) is 2.47. The molecule has 134 valence electrons. The highest BCUT2D eigenvalue weighted by molar-refractivity contribution is 7.89. The lowest BCUT2D eigenvalue weighted by Crippen LogP contribution is -2.36. The summed E-state index contributed by atoms with van der Waals surface area (Å²) in [4.78, 5) is 11.9. The van der Waals surface area contributed by atoms with Gasteiger partial charge in [-0.15, -0.1) is 0 Å². The van der Waals surface area contributed by atoms with Crippen molar-refractivity contribution in [2.24, 2.45) is 0 Å². The molecule has 1 aliphatic carbocycles. The molecule has 0 aromatic heterocycles. The molecule has 1 aromatic rings. The SMILES string of the molecule is CCCNS(=O)(=O)c1ccc(OCC(=O)NC2CCCC2)c(Cl)c1. The lowest BCUT2D eigenvalue weighted by Gasteiger charge is -2.13. The molecular formula is C16H23ClN2O4S. The number of carbonyl (C=O) groups is 1. The van der Waals surface area contributed by atoms with Gasteiger partial charge in [0, 0.05) is 12.6 Å². The maximum absolute atomic E-state index is 12.0. The number of amides is 1. The third kappa shape index (κ3) is 5.36. The number of sulfonamides is 1. The molecule has 0 spiro atoms. The molecule has 8 heteroatoms.